The highest BCUT2D eigenvalue weighted by Crippen LogP contribution is 2.50. The monoisotopic (exact) mass is 305 g/mol. The number of likely N-dealkylation sites (N-methyl/N-ethyl adjacent to an activating group) is 1. The molecule has 4 heteroatoms. The number of rotatable bonds is 4. The molecule has 22 heavy (non-hydrogen) atoms. The highest BCUT2D eigenvalue weighted by atomic mass is 16.5. The zero-order chi connectivity index (χ0) is 15.7. The standard InChI is InChI=1S/C18H27NO3/c1-19-10-9-18(8-7-14(20-2)12-17(18)19)13-5-6-15(21-3)16(11-13)22-4/h5-6,11,14,17H,7-10,12H2,1-4H3/t14-,17+,18+/m1/s1. The first kappa shape index (κ1) is 15.6. The average molecular weight is 305 g/mol. The molecule has 0 amide bonds. The van der Waals surface area contributed by atoms with E-state index >= 15 is 0 Å². The molecule has 1 aromatic carbocycles. The molecule has 0 unspecified atom stereocenters. The third kappa shape index (κ3) is 2.38. The molecule has 2 aliphatic rings. The first-order chi connectivity index (χ1) is 10.6. The molecule has 1 aromatic rings. The molecule has 0 N–H and O–H groups in total. The fraction of sp³-hybridized carbons (Fsp3) is 0.667. The molecule has 1 heterocycles. The van der Waals surface area contributed by atoms with Crippen LogP contribution in [0.3, 0.4) is 0 Å². The highest BCUT2D eigenvalue weighted by molar-refractivity contribution is 5.46. The molecule has 1 aliphatic heterocycles. The smallest absolute Gasteiger partial charge is 0.161 e. The molecule has 1 saturated heterocycles. The van der Waals surface area contributed by atoms with Crippen LogP contribution < -0.4 is 9.47 Å². The second kappa shape index (κ2) is 6.09. The van der Waals surface area contributed by atoms with E-state index in [2.05, 4.69) is 24.1 Å². The van der Waals surface area contributed by atoms with E-state index in [1.807, 2.05) is 13.2 Å². The summed E-state index contributed by atoms with van der Waals surface area (Å²) in [6.07, 6.45) is 5.02. The van der Waals surface area contributed by atoms with Crippen LogP contribution in [0.2, 0.25) is 0 Å². The lowest BCUT2D eigenvalue weighted by Crippen LogP contribution is -2.47. The highest BCUT2D eigenvalue weighted by Gasteiger charge is 2.50. The van der Waals surface area contributed by atoms with Crippen LogP contribution in [0.1, 0.15) is 31.2 Å². The quantitative estimate of drug-likeness (QED) is 0.856. The second-order valence-corrected chi connectivity index (χ2v) is 6.60. The van der Waals surface area contributed by atoms with Gasteiger partial charge in [0.25, 0.3) is 0 Å². The van der Waals surface area contributed by atoms with Crippen molar-refractivity contribution in [3.05, 3.63) is 23.8 Å². The molecule has 1 saturated carbocycles. The molecule has 0 aromatic heterocycles. The predicted molar refractivity (Wildman–Crippen MR) is 86.9 cm³/mol. The number of benzene rings is 1. The zero-order valence-corrected chi connectivity index (χ0v) is 14.1. The third-order valence-corrected chi connectivity index (χ3v) is 5.77. The van der Waals surface area contributed by atoms with E-state index < -0.39 is 0 Å². The fourth-order valence-corrected chi connectivity index (χ4v) is 4.44. The summed E-state index contributed by atoms with van der Waals surface area (Å²) in [7, 11) is 7.47. The number of nitrogens with zero attached hydrogens (tertiary/aromatic N) is 1. The minimum Gasteiger partial charge on any atom is -0.493 e. The Balaban J connectivity index is 1.98. The van der Waals surface area contributed by atoms with E-state index in [9.17, 15) is 0 Å². The fourth-order valence-electron chi connectivity index (χ4n) is 4.44. The lowest BCUT2D eigenvalue weighted by molar-refractivity contribution is 0.0216. The predicted octanol–water partition coefficient (Wildman–Crippen LogP) is 2.84. The van der Waals surface area contributed by atoms with Crippen LogP contribution in [0.25, 0.3) is 0 Å². The number of ether oxygens (including phenoxy) is 3. The molecule has 0 spiro atoms. The molecular formula is C18H27NO3. The maximum absolute atomic E-state index is 5.64. The van der Waals surface area contributed by atoms with Gasteiger partial charge in [-0.15, -0.1) is 0 Å². The Kier molecular flexibility index (Phi) is 4.33. The average Bonchev–Trinajstić information content (AvgIpc) is 2.91. The van der Waals surface area contributed by atoms with E-state index in [-0.39, 0.29) is 5.41 Å². The van der Waals surface area contributed by atoms with Crippen LogP contribution in [0.4, 0.5) is 0 Å². The summed E-state index contributed by atoms with van der Waals surface area (Å²) < 4.78 is 16.5. The minimum atomic E-state index is 0.226. The molecule has 2 fully saturated rings. The van der Waals surface area contributed by atoms with Crippen molar-refractivity contribution >= 4 is 0 Å². The lowest BCUT2D eigenvalue weighted by atomic mass is 9.65. The Labute approximate surface area is 133 Å². The van der Waals surface area contributed by atoms with Gasteiger partial charge in [-0.1, -0.05) is 6.07 Å². The van der Waals surface area contributed by atoms with Gasteiger partial charge in [-0.3, -0.25) is 0 Å². The maximum Gasteiger partial charge on any atom is 0.161 e. The summed E-state index contributed by atoms with van der Waals surface area (Å²) in [5.41, 5.74) is 1.61. The number of hydrogen-bond donors (Lipinski definition) is 0. The topological polar surface area (TPSA) is 30.9 Å². The zero-order valence-electron chi connectivity index (χ0n) is 14.1. The van der Waals surface area contributed by atoms with Crippen molar-refractivity contribution in [2.75, 3.05) is 34.9 Å². The van der Waals surface area contributed by atoms with Crippen molar-refractivity contribution < 1.29 is 14.2 Å². The van der Waals surface area contributed by atoms with Crippen LogP contribution in [-0.2, 0) is 10.2 Å². The minimum absolute atomic E-state index is 0.226. The number of methoxy groups -OCH3 is 3. The van der Waals surface area contributed by atoms with Crippen molar-refractivity contribution in [3.63, 3.8) is 0 Å². The SMILES string of the molecule is COc1ccc([C@@]23CC[C@@H](OC)C[C@@H]2N(C)CC3)cc1OC. The van der Waals surface area contributed by atoms with E-state index in [0.29, 0.717) is 12.1 Å². The number of likely N-dealkylation sites (tertiary alicyclic amines) is 1. The summed E-state index contributed by atoms with van der Waals surface area (Å²) in [4.78, 5) is 2.50. The van der Waals surface area contributed by atoms with Gasteiger partial charge in [0.1, 0.15) is 0 Å². The third-order valence-electron chi connectivity index (χ3n) is 5.77. The molecule has 3 atom stereocenters. The van der Waals surface area contributed by atoms with Gasteiger partial charge in [-0.2, -0.15) is 0 Å². The maximum atomic E-state index is 5.64. The van der Waals surface area contributed by atoms with Gasteiger partial charge in [0.15, 0.2) is 11.5 Å². The van der Waals surface area contributed by atoms with Crippen LogP contribution in [0, 0.1) is 0 Å². The van der Waals surface area contributed by atoms with Gasteiger partial charge in [0.2, 0.25) is 0 Å². The van der Waals surface area contributed by atoms with E-state index in [1.54, 1.807) is 14.2 Å². The molecule has 4 nitrogen and oxygen atoms in total. The first-order valence-corrected chi connectivity index (χ1v) is 8.10. The van der Waals surface area contributed by atoms with E-state index in [1.165, 1.54) is 18.4 Å². The second-order valence-electron chi connectivity index (χ2n) is 6.60. The molecule has 122 valence electrons. The van der Waals surface area contributed by atoms with Gasteiger partial charge in [-0.05, 0) is 57.0 Å². The van der Waals surface area contributed by atoms with Gasteiger partial charge >= 0.3 is 0 Å². The van der Waals surface area contributed by atoms with Crippen LogP contribution in [0.15, 0.2) is 18.2 Å². The summed E-state index contributed by atoms with van der Waals surface area (Å²) in [6.45, 7) is 1.15. The molecule has 0 radical (unpaired) electrons. The Morgan fingerprint density at radius 1 is 1.09 bits per heavy atom. The Hall–Kier alpha value is -1.26. The molecular weight excluding hydrogens is 278 g/mol. The first-order valence-electron chi connectivity index (χ1n) is 8.10. The van der Waals surface area contributed by atoms with Gasteiger partial charge in [0, 0.05) is 18.6 Å². The van der Waals surface area contributed by atoms with Gasteiger partial charge in [0.05, 0.1) is 20.3 Å². The van der Waals surface area contributed by atoms with Crippen molar-refractivity contribution in [1.29, 1.82) is 0 Å². The Morgan fingerprint density at radius 3 is 2.55 bits per heavy atom. The van der Waals surface area contributed by atoms with Gasteiger partial charge < -0.3 is 19.1 Å². The van der Waals surface area contributed by atoms with Crippen molar-refractivity contribution in [2.24, 2.45) is 0 Å². The van der Waals surface area contributed by atoms with E-state index in [0.717, 1.165) is 30.9 Å². The summed E-state index contributed by atoms with van der Waals surface area (Å²) in [6, 6.07) is 6.99. The van der Waals surface area contributed by atoms with E-state index in [4.69, 9.17) is 14.2 Å². The van der Waals surface area contributed by atoms with Gasteiger partial charge in [-0.25, -0.2) is 0 Å². The normalized spacial score (nSPS) is 31.8. The van der Waals surface area contributed by atoms with Crippen molar-refractivity contribution in [1.82, 2.24) is 4.90 Å². The van der Waals surface area contributed by atoms with Crippen molar-refractivity contribution in [2.45, 2.75) is 43.2 Å². The van der Waals surface area contributed by atoms with Crippen LogP contribution >= 0.6 is 0 Å². The molecule has 0 bridgehead atoms. The van der Waals surface area contributed by atoms with Crippen molar-refractivity contribution in [3.8, 4) is 11.5 Å². The lowest BCUT2D eigenvalue weighted by Gasteiger charge is -2.44. The molecule has 3 rings (SSSR count). The largest absolute Gasteiger partial charge is 0.493 e. The Bertz CT molecular complexity index is 533. The Morgan fingerprint density at radius 2 is 1.86 bits per heavy atom. The van der Waals surface area contributed by atoms with Crippen LogP contribution in [-0.4, -0.2) is 52.0 Å². The number of fused-ring (bicyclic) bond motifs is 1. The number of hydrogen-bond acceptors (Lipinski definition) is 4. The summed E-state index contributed by atoms with van der Waals surface area (Å²) >= 11 is 0. The summed E-state index contributed by atoms with van der Waals surface area (Å²) in [5, 5.41) is 0. The van der Waals surface area contributed by atoms with Crippen LogP contribution in [0.5, 0.6) is 11.5 Å². The summed E-state index contributed by atoms with van der Waals surface area (Å²) in [5.74, 6) is 1.63. The molecule has 1 aliphatic carbocycles.